The van der Waals surface area contributed by atoms with E-state index in [1.165, 1.54) is 13.0 Å². The predicted octanol–water partition coefficient (Wildman–Crippen LogP) is 2.52. The number of benzene rings is 1. The van der Waals surface area contributed by atoms with Crippen molar-refractivity contribution in [3.8, 4) is 0 Å². The van der Waals surface area contributed by atoms with Crippen LogP contribution in [0.5, 0.6) is 0 Å². The van der Waals surface area contributed by atoms with E-state index in [0.29, 0.717) is 12.3 Å². The fourth-order valence-corrected chi connectivity index (χ4v) is 1.46. The van der Waals surface area contributed by atoms with Crippen LogP contribution in [0.1, 0.15) is 20.8 Å². The van der Waals surface area contributed by atoms with Gasteiger partial charge in [0, 0.05) is 30.1 Å². The second kappa shape index (κ2) is 7.20. The van der Waals surface area contributed by atoms with Gasteiger partial charge in [-0.3, -0.25) is 4.79 Å². The zero-order valence-corrected chi connectivity index (χ0v) is 11.3. The van der Waals surface area contributed by atoms with E-state index >= 15 is 0 Å². The number of hydrogen-bond acceptors (Lipinski definition) is 4. The quantitative estimate of drug-likeness (QED) is 0.632. The largest absolute Gasteiger partial charge is 0.463 e. The Kier molecular flexibility index (Phi) is 5.60. The molecule has 102 valence electrons. The fourth-order valence-electron chi connectivity index (χ4n) is 1.46. The summed E-state index contributed by atoms with van der Waals surface area (Å²) in [5.74, 6) is -0.485. The maximum atomic E-state index is 11.2. The molecule has 0 aliphatic rings. The Morgan fingerprint density at radius 1 is 1.11 bits per heavy atom. The summed E-state index contributed by atoms with van der Waals surface area (Å²) in [6, 6.07) is 7.18. The second-order valence-corrected chi connectivity index (χ2v) is 3.96. The van der Waals surface area contributed by atoms with E-state index in [4.69, 9.17) is 4.74 Å². The number of carbonyl (C=O) groups is 2. The second-order valence-electron chi connectivity index (χ2n) is 3.96. The van der Waals surface area contributed by atoms with Crippen LogP contribution in [0.25, 0.3) is 0 Å². The van der Waals surface area contributed by atoms with E-state index < -0.39 is 0 Å². The molecule has 1 aromatic carbocycles. The van der Waals surface area contributed by atoms with E-state index in [9.17, 15) is 9.59 Å². The Balaban J connectivity index is 2.62. The lowest BCUT2D eigenvalue weighted by Crippen LogP contribution is -2.06. The number of allylic oxidation sites excluding steroid dienone is 1. The third-order valence-electron chi connectivity index (χ3n) is 2.17. The van der Waals surface area contributed by atoms with Crippen LogP contribution < -0.4 is 10.6 Å². The van der Waals surface area contributed by atoms with Gasteiger partial charge in [-0.1, -0.05) is 0 Å². The van der Waals surface area contributed by atoms with E-state index in [0.717, 1.165) is 11.4 Å². The van der Waals surface area contributed by atoms with Crippen molar-refractivity contribution in [1.82, 2.24) is 0 Å². The van der Waals surface area contributed by atoms with Crippen LogP contribution in [0.4, 0.5) is 11.4 Å². The van der Waals surface area contributed by atoms with Crippen LogP contribution in [0.15, 0.2) is 36.0 Å². The molecule has 0 spiro atoms. The Bertz CT molecular complexity index is 478. The first-order valence-electron chi connectivity index (χ1n) is 6.01. The molecule has 2 N–H and O–H groups in total. The Morgan fingerprint density at radius 2 is 1.63 bits per heavy atom. The van der Waals surface area contributed by atoms with Gasteiger partial charge in [0.2, 0.25) is 5.91 Å². The molecule has 0 fully saturated rings. The number of anilines is 2. The average molecular weight is 262 g/mol. The van der Waals surface area contributed by atoms with E-state index in [1.807, 2.05) is 12.1 Å². The van der Waals surface area contributed by atoms with Crippen LogP contribution in [0, 0.1) is 0 Å². The highest BCUT2D eigenvalue weighted by atomic mass is 16.5. The molecular formula is C14H18N2O3. The first-order valence-corrected chi connectivity index (χ1v) is 6.01. The molecule has 0 aliphatic carbocycles. The first kappa shape index (κ1) is 14.8. The lowest BCUT2D eigenvalue weighted by molar-refractivity contribution is -0.137. The smallest absolute Gasteiger partial charge is 0.332 e. The van der Waals surface area contributed by atoms with Crippen molar-refractivity contribution in [1.29, 1.82) is 0 Å². The summed E-state index contributed by atoms with van der Waals surface area (Å²) < 4.78 is 4.81. The van der Waals surface area contributed by atoms with Gasteiger partial charge >= 0.3 is 5.97 Å². The summed E-state index contributed by atoms with van der Waals surface area (Å²) in [6.07, 6.45) is 1.39. The van der Waals surface area contributed by atoms with Gasteiger partial charge in [-0.2, -0.15) is 0 Å². The van der Waals surface area contributed by atoms with Crippen molar-refractivity contribution in [3.05, 3.63) is 36.0 Å². The van der Waals surface area contributed by atoms with E-state index in [2.05, 4.69) is 10.6 Å². The number of hydrogen-bond donors (Lipinski definition) is 2. The van der Waals surface area contributed by atoms with Gasteiger partial charge in [-0.15, -0.1) is 0 Å². The molecule has 0 aliphatic heterocycles. The minimum absolute atomic E-state index is 0.112. The van der Waals surface area contributed by atoms with Gasteiger partial charge < -0.3 is 15.4 Å². The van der Waals surface area contributed by atoms with Crippen LogP contribution in [-0.2, 0) is 14.3 Å². The highest BCUT2D eigenvalue weighted by molar-refractivity contribution is 5.88. The summed E-state index contributed by atoms with van der Waals surface area (Å²) in [7, 11) is 0. The molecule has 0 unspecified atom stereocenters. The summed E-state index contributed by atoms with van der Waals surface area (Å²) in [4.78, 5) is 22.1. The molecule has 0 atom stereocenters. The standard InChI is InChI=1S/C14H18N2O3/c1-4-19-14(18)9-10(2)15-12-5-7-13(8-6-12)16-11(3)17/h5-9,15H,4H2,1-3H3,(H,16,17)/b10-9-. The molecular weight excluding hydrogens is 244 g/mol. The highest BCUT2D eigenvalue weighted by Gasteiger charge is 2.00. The molecule has 19 heavy (non-hydrogen) atoms. The van der Waals surface area contributed by atoms with Gasteiger partial charge in [0.25, 0.3) is 0 Å². The van der Waals surface area contributed by atoms with Crippen molar-refractivity contribution in [2.24, 2.45) is 0 Å². The van der Waals surface area contributed by atoms with Gasteiger partial charge in [0.05, 0.1) is 6.61 Å². The molecule has 1 aromatic rings. The monoisotopic (exact) mass is 262 g/mol. The topological polar surface area (TPSA) is 67.4 Å². The number of amides is 1. The molecule has 0 saturated heterocycles. The van der Waals surface area contributed by atoms with E-state index in [1.54, 1.807) is 26.0 Å². The molecule has 0 saturated carbocycles. The Hall–Kier alpha value is -2.30. The van der Waals surface area contributed by atoms with Gasteiger partial charge in [-0.25, -0.2) is 4.79 Å². The van der Waals surface area contributed by atoms with Crippen LogP contribution in [0.3, 0.4) is 0 Å². The summed E-state index contributed by atoms with van der Waals surface area (Å²) in [6.45, 7) is 5.35. The lowest BCUT2D eigenvalue weighted by atomic mass is 10.2. The molecule has 0 aromatic heterocycles. The lowest BCUT2D eigenvalue weighted by Gasteiger charge is -2.08. The number of ether oxygens (including phenoxy) is 1. The maximum Gasteiger partial charge on any atom is 0.332 e. The zero-order valence-electron chi connectivity index (χ0n) is 11.3. The van der Waals surface area contributed by atoms with Crippen LogP contribution >= 0.6 is 0 Å². The summed E-state index contributed by atoms with van der Waals surface area (Å²) in [5, 5.41) is 5.74. The molecule has 0 heterocycles. The third-order valence-corrected chi connectivity index (χ3v) is 2.17. The Morgan fingerprint density at radius 3 is 2.11 bits per heavy atom. The third kappa shape index (κ3) is 5.72. The zero-order chi connectivity index (χ0) is 14.3. The minimum Gasteiger partial charge on any atom is -0.463 e. The Labute approximate surface area is 112 Å². The molecule has 5 heteroatoms. The van der Waals surface area contributed by atoms with Crippen molar-refractivity contribution >= 4 is 23.3 Å². The molecule has 5 nitrogen and oxygen atoms in total. The first-order chi connectivity index (χ1) is 9.01. The molecule has 1 amide bonds. The SMILES string of the molecule is CCOC(=O)/C=C(/C)Nc1ccc(NC(C)=O)cc1. The molecule has 1 rings (SSSR count). The number of esters is 1. The van der Waals surface area contributed by atoms with Crippen molar-refractivity contribution in [3.63, 3.8) is 0 Å². The molecule has 0 bridgehead atoms. The van der Waals surface area contributed by atoms with E-state index in [-0.39, 0.29) is 11.9 Å². The van der Waals surface area contributed by atoms with Crippen molar-refractivity contribution in [2.75, 3.05) is 17.2 Å². The summed E-state index contributed by atoms with van der Waals surface area (Å²) in [5.41, 5.74) is 2.24. The highest BCUT2D eigenvalue weighted by Crippen LogP contribution is 2.15. The minimum atomic E-state index is -0.373. The fraction of sp³-hybridized carbons (Fsp3) is 0.286. The predicted molar refractivity (Wildman–Crippen MR) is 74.8 cm³/mol. The maximum absolute atomic E-state index is 11.2. The van der Waals surface area contributed by atoms with Gasteiger partial charge in [0.15, 0.2) is 0 Å². The van der Waals surface area contributed by atoms with Crippen molar-refractivity contribution < 1.29 is 14.3 Å². The number of carbonyl (C=O) groups excluding carboxylic acids is 2. The average Bonchev–Trinajstić information content (AvgIpc) is 2.31. The normalized spacial score (nSPS) is 10.8. The number of nitrogens with one attached hydrogen (secondary N) is 2. The van der Waals surface area contributed by atoms with Crippen LogP contribution in [0.2, 0.25) is 0 Å². The van der Waals surface area contributed by atoms with Crippen LogP contribution in [-0.4, -0.2) is 18.5 Å². The van der Waals surface area contributed by atoms with Gasteiger partial charge in [-0.05, 0) is 38.1 Å². The number of rotatable bonds is 5. The summed E-state index contributed by atoms with van der Waals surface area (Å²) >= 11 is 0. The molecule has 0 radical (unpaired) electrons. The van der Waals surface area contributed by atoms with Crippen molar-refractivity contribution in [2.45, 2.75) is 20.8 Å². The van der Waals surface area contributed by atoms with Gasteiger partial charge in [0.1, 0.15) is 0 Å².